The summed E-state index contributed by atoms with van der Waals surface area (Å²) in [6, 6.07) is 20.9. The van der Waals surface area contributed by atoms with Gasteiger partial charge in [0.15, 0.2) is 0 Å². The van der Waals surface area contributed by atoms with Crippen LogP contribution < -0.4 is 0 Å². The zero-order valence-corrected chi connectivity index (χ0v) is 14.8. The van der Waals surface area contributed by atoms with Crippen LogP contribution in [0.2, 0.25) is 0 Å². The van der Waals surface area contributed by atoms with Gasteiger partial charge in [-0.1, -0.05) is 55.5 Å². The van der Waals surface area contributed by atoms with E-state index in [1.807, 2.05) is 10.7 Å². The third kappa shape index (κ3) is 3.67. The van der Waals surface area contributed by atoms with E-state index >= 15 is 0 Å². The fourth-order valence-electron chi connectivity index (χ4n) is 3.75. The molecule has 1 fully saturated rings. The molecule has 0 amide bonds. The Morgan fingerprint density at radius 3 is 2.44 bits per heavy atom. The van der Waals surface area contributed by atoms with Crippen LogP contribution in [0.1, 0.15) is 25.3 Å². The van der Waals surface area contributed by atoms with E-state index in [4.69, 9.17) is 5.10 Å². The maximum Gasteiger partial charge on any atom is 0.0972 e. The lowest BCUT2D eigenvalue weighted by atomic mass is 9.99. The Balaban J connectivity index is 1.69. The van der Waals surface area contributed by atoms with Gasteiger partial charge in [-0.15, -0.1) is 0 Å². The lowest BCUT2D eigenvalue weighted by Gasteiger charge is -2.30. The maximum absolute atomic E-state index is 4.93. The summed E-state index contributed by atoms with van der Waals surface area (Å²) < 4.78 is 2.02. The van der Waals surface area contributed by atoms with Crippen LogP contribution in [0, 0.1) is 5.92 Å². The molecule has 0 bridgehead atoms. The molecule has 4 rings (SSSR count). The zero-order valence-electron chi connectivity index (χ0n) is 14.8. The van der Waals surface area contributed by atoms with Gasteiger partial charge < -0.3 is 0 Å². The lowest BCUT2D eigenvalue weighted by Crippen LogP contribution is -2.33. The largest absolute Gasteiger partial charge is 0.299 e. The summed E-state index contributed by atoms with van der Waals surface area (Å²) in [7, 11) is 0. The fourth-order valence-corrected chi connectivity index (χ4v) is 3.75. The Bertz CT molecular complexity index is 808. The van der Waals surface area contributed by atoms with Gasteiger partial charge in [0.25, 0.3) is 0 Å². The summed E-state index contributed by atoms with van der Waals surface area (Å²) in [6.07, 6.45) is 4.86. The summed E-state index contributed by atoms with van der Waals surface area (Å²) in [6.45, 7) is 5.71. The van der Waals surface area contributed by atoms with E-state index in [0.29, 0.717) is 0 Å². The maximum atomic E-state index is 4.93. The molecule has 1 unspecified atom stereocenters. The van der Waals surface area contributed by atoms with Crippen LogP contribution in [0.5, 0.6) is 0 Å². The smallest absolute Gasteiger partial charge is 0.0972 e. The van der Waals surface area contributed by atoms with Crippen molar-refractivity contribution in [1.29, 1.82) is 0 Å². The molecular weight excluding hydrogens is 306 g/mol. The summed E-state index contributed by atoms with van der Waals surface area (Å²) in [5.41, 5.74) is 4.71. The number of nitrogens with zero attached hydrogens (tertiary/aromatic N) is 3. The molecule has 0 saturated carbocycles. The zero-order chi connectivity index (χ0) is 17.1. The molecule has 1 aromatic heterocycles. The van der Waals surface area contributed by atoms with E-state index in [9.17, 15) is 0 Å². The summed E-state index contributed by atoms with van der Waals surface area (Å²) >= 11 is 0. The molecule has 2 heterocycles. The van der Waals surface area contributed by atoms with Crippen LogP contribution in [0.3, 0.4) is 0 Å². The fraction of sp³-hybridized carbons (Fsp3) is 0.318. The molecule has 25 heavy (non-hydrogen) atoms. The van der Waals surface area contributed by atoms with Gasteiger partial charge in [0.2, 0.25) is 0 Å². The minimum atomic E-state index is 0.790. The summed E-state index contributed by atoms with van der Waals surface area (Å²) in [5, 5.41) is 4.93. The normalized spacial score (nSPS) is 18.4. The van der Waals surface area contributed by atoms with Gasteiger partial charge in [-0.05, 0) is 37.4 Å². The van der Waals surface area contributed by atoms with Crippen LogP contribution in [-0.2, 0) is 6.54 Å². The van der Waals surface area contributed by atoms with E-state index in [-0.39, 0.29) is 0 Å². The Morgan fingerprint density at radius 1 is 1.00 bits per heavy atom. The van der Waals surface area contributed by atoms with Crippen molar-refractivity contribution in [3.63, 3.8) is 0 Å². The highest BCUT2D eigenvalue weighted by molar-refractivity contribution is 5.63. The van der Waals surface area contributed by atoms with Gasteiger partial charge >= 0.3 is 0 Å². The van der Waals surface area contributed by atoms with Crippen LogP contribution >= 0.6 is 0 Å². The predicted molar refractivity (Wildman–Crippen MR) is 103 cm³/mol. The van der Waals surface area contributed by atoms with E-state index in [2.05, 4.69) is 72.6 Å². The number of rotatable bonds is 4. The van der Waals surface area contributed by atoms with Crippen molar-refractivity contribution in [3.05, 3.63) is 72.4 Å². The molecule has 3 aromatic rings. The molecule has 1 saturated heterocycles. The van der Waals surface area contributed by atoms with Crippen LogP contribution in [0.25, 0.3) is 16.9 Å². The average molecular weight is 331 g/mol. The first-order valence-corrected chi connectivity index (χ1v) is 9.21. The van der Waals surface area contributed by atoms with Crippen molar-refractivity contribution < 1.29 is 0 Å². The molecule has 0 aliphatic carbocycles. The highest BCUT2D eigenvalue weighted by Crippen LogP contribution is 2.26. The second-order valence-electron chi connectivity index (χ2n) is 7.13. The lowest BCUT2D eigenvalue weighted by molar-refractivity contribution is 0.177. The van der Waals surface area contributed by atoms with Gasteiger partial charge in [0.05, 0.1) is 11.4 Å². The number of benzene rings is 2. The standard InChI is InChI=1S/C22H25N3/c1-18-9-8-14-24(15-18)16-20-17-25(21-12-6-3-7-13-21)23-22(20)19-10-4-2-5-11-19/h2-7,10-13,17-18H,8-9,14-16H2,1H3. The SMILES string of the molecule is CC1CCCN(Cc2cn(-c3ccccc3)nc2-c2ccccc2)C1. The first kappa shape index (κ1) is 16.1. The van der Waals surface area contributed by atoms with Crippen molar-refractivity contribution in [2.45, 2.75) is 26.3 Å². The van der Waals surface area contributed by atoms with Crippen molar-refractivity contribution in [1.82, 2.24) is 14.7 Å². The van der Waals surface area contributed by atoms with Gasteiger partial charge in [-0.25, -0.2) is 4.68 Å². The molecule has 0 N–H and O–H groups in total. The van der Waals surface area contributed by atoms with Crippen LogP contribution in [0.4, 0.5) is 0 Å². The van der Waals surface area contributed by atoms with Crippen molar-refractivity contribution in [2.24, 2.45) is 5.92 Å². The molecule has 3 nitrogen and oxygen atoms in total. The number of para-hydroxylation sites is 1. The minimum absolute atomic E-state index is 0.790. The number of hydrogen-bond acceptors (Lipinski definition) is 2. The van der Waals surface area contributed by atoms with Crippen molar-refractivity contribution in [2.75, 3.05) is 13.1 Å². The Labute approximate surface area is 149 Å². The second kappa shape index (κ2) is 7.24. The quantitative estimate of drug-likeness (QED) is 0.686. The average Bonchev–Trinajstić information content (AvgIpc) is 3.07. The predicted octanol–water partition coefficient (Wildman–Crippen LogP) is 4.77. The topological polar surface area (TPSA) is 21.1 Å². The first-order valence-electron chi connectivity index (χ1n) is 9.21. The third-order valence-corrected chi connectivity index (χ3v) is 4.99. The molecule has 0 spiro atoms. The number of aromatic nitrogens is 2. The Kier molecular flexibility index (Phi) is 4.66. The molecule has 2 aromatic carbocycles. The van der Waals surface area contributed by atoms with Crippen molar-refractivity contribution in [3.8, 4) is 16.9 Å². The molecule has 0 radical (unpaired) electrons. The molecule has 1 atom stereocenters. The number of piperidine rings is 1. The van der Waals surface area contributed by atoms with Crippen LogP contribution in [0.15, 0.2) is 66.9 Å². The Morgan fingerprint density at radius 2 is 1.72 bits per heavy atom. The number of likely N-dealkylation sites (tertiary alicyclic amines) is 1. The van der Waals surface area contributed by atoms with Gasteiger partial charge in [0, 0.05) is 30.4 Å². The monoisotopic (exact) mass is 331 g/mol. The molecule has 128 valence electrons. The third-order valence-electron chi connectivity index (χ3n) is 4.99. The van der Waals surface area contributed by atoms with Gasteiger partial charge in [-0.2, -0.15) is 5.10 Å². The van der Waals surface area contributed by atoms with E-state index in [0.717, 1.165) is 23.8 Å². The Hall–Kier alpha value is -2.39. The second-order valence-corrected chi connectivity index (χ2v) is 7.13. The van der Waals surface area contributed by atoms with Crippen molar-refractivity contribution >= 4 is 0 Å². The van der Waals surface area contributed by atoms with Crippen LogP contribution in [-0.4, -0.2) is 27.8 Å². The highest BCUT2D eigenvalue weighted by Gasteiger charge is 2.20. The summed E-state index contributed by atoms with van der Waals surface area (Å²) in [4.78, 5) is 2.58. The molecule has 3 heteroatoms. The van der Waals surface area contributed by atoms with Gasteiger partial charge in [-0.3, -0.25) is 4.90 Å². The highest BCUT2D eigenvalue weighted by atomic mass is 15.3. The number of hydrogen-bond donors (Lipinski definition) is 0. The van der Waals surface area contributed by atoms with Gasteiger partial charge in [0.1, 0.15) is 0 Å². The van der Waals surface area contributed by atoms with E-state index < -0.39 is 0 Å². The molecule has 1 aliphatic heterocycles. The minimum Gasteiger partial charge on any atom is -0.299 e. The van der Waals surface area contributed by atoms with E-state index in [1.165, 1.54) is 37.1 Å². The molecule has 1 aliphatic rings. The summed E-state index contributed by atoms with van der Waals surface area (Å²) in [5.74, 6) is 0.790. The van der Waals surface area contributed by atoms with E-state index in [1.54, 1.807) is 0 Å². The molecular formula is C22H25N3. The first-order chi connectivity index (χ1) is 12.3.